The van der Waals surface area contributed by atoms with E-state index in [-0.39, 0.29) is 5.28 Å². The minimum atomic E-state index is 0.259. The summed E-state index contributed by atoms with van der Waals surface area (Å²) < 4.78 is 2.14. The van der Waals surface area contributed by atoms with Crippen LogP contribution >= 0.6 is 11.6 Å². The normalized spacial score (nSPS) is 11.4. The maximum absolute atomic E-state index is 5.83. The van der Waals surface area contributed by atoms with Crippen molar-refractivity contribution in [3.05, 3.63) is 42.1 Å². The molecule has 0 saturated heterocycles. The molecule has 0 unspecified atom stereocenters. The molecule has 0 aliphatic heterocycles. The van der Waals surface area contributed by atoms with Gasteiger partial charge in [0.2, 0.25) is 5.28 Å². The zero-order chi connectivity index (χ0) is 13.4. The van der Waals surface area contributed by atoms with Gasteiger partial charge >= 0.3 is 0 Å². The van der Waals surface area contributed by atoms with Gasteiger partial charge in [0.15, 0.2) is 0 Å². The second-order valence-corrected chi connectivity index (χ2v) is 5.00. The molecule has 96 valence electrons. The summed E-state index contributed by atoms with van der Waals surface area (Å²) >= 11 is 5.83. The van der Waals surface area contributed by atoms with E-state index in [9.17, 15) is 0 Å². The van der Waals surface area contributed by atoms with Gasteiger partial charge in [0.25, 0.3) is 0 Å². The molecule has 0 amide bonds. The molecule has 0 bridgehead atoms. The van der Waals surface area contributed by atoms with E-state index >= 15 is 0 Å². The van der Waals surface area contributed by atoms with Crippen LogP contribution in [-0.4, -0.2) is 19.5 Å². The first-order valence-electron chi connectivity index (χ1n) is 6.10. The molecule has 2 heterocycles. The topological polar surface area (TPSA) is 43.6 Å². The van der Waals surface area contributed by atoms with Crippen LogP contribution in [0.4, 0.5) is 0 Å². The number of halogens is 1. The Morgan fingerprint density at radius 3 is 2.74 bits per heavy atom. The highest BCUT2D eigenvalue weighted by Gasteiger charge is 2.08. The van der Waals surface area contributed by atoms with Crippen LogP contribution in [0.25, 0.3) is 22.3 Å². The van der Waals surface area contributed by atoms with Gasteiger partial charge < -0.3 is 4.57 Å². The van der Waals surface area contributed by atoms with Gasteiger partial charge in [0.05, 0.1) is 23.1 Å². The van der Waals surface area contributed by atoms with Crippen molar-refractivity contribution in [1.29, 1.82) is 0 Å². The van der Waals surface area contributed by atoms with Crippen molar-refractivity contribution >= 4 is 22.6 Å². The van der Waals surface area contributed by atoms with Crippen molar-refractivity contribution in [3.63, 3.8) is 0 Å². The van der Waals surface area contributed by atoms with Crippen molar-refractivity contribution in [2.75, 3.05) is 0 Å². The molecule has 3 rings (SSSR count). The fourth-order valence-corrected chi connectivity index (χ4v) is 2.24. The molecule has 0 fully saturated rings. The number of hydrogen-bond donors (Lipinski definition) is 0. The molecule has 0 aliphatic rings. The first-order chi connectivity index (χ1) is 9.15. The monoisotopic (exact) mass is 272 g/mol. The summed E-state index contributed by atoms with van der Waals surface area (Å²) in [7, 11) is 0. The first kappa shape index (κ1) is 12.1. The molecule has 0 aliphatic carbocycles. The Hall–Kier alpha value is -1.94. The molecule has 0 saturated carbocycles. The van der Waals surface area contributed by atoms with Crippen molar-refractivity contribution in [1.82, 2.24) is 19.5 Å². The highest BCUT2D eigenvalue weighted by Crippen LogP contribution is 2.24. The second-order valence-electron chi connectivity index (χ2n) is 4.66. The third-order valence-electron chi connectivity index (χ3n) is 3.05. The second kappa shape index (κ2) is 4.63. The van der Waals surface area contributed by atoms with Crippen LogP contribution in [0.1, 0.15) is 19.9 Å². The van der Waals surface area contributed by atoms with Crippen LogP contribution in [0.2, 0.25) is 5.28 Å². The summed E-state index contributed by atoms with van der Waals surface area (Å²) in [5, 5.41) is 0.259. The Morgan fingerprint density at radius 2 is 2.00 bits per heavy atom. The first-order valence-corrected chi connectivity index (χ1v) is 6.48. The Bertz CT molecular complexity index is 733. The molecule has 0 N–H and O–H groups in total. The smallest absolute Gasteiger partial charge is 0.222 e. The molecule has 2 aromatic heterocycles. The lowest BCUT2D eigenvalue weighted by molar-refractivity contribution is 0.617. The zero-order valence-corrected chi connectivity index (χ0v) is 11.5. The summed E-state index contributed by atoms with van der Waals surface area (Å²) in [6.45, 7) is 4.27. The maximum atomic E-state index is 5.83. The van der Waals surface area contributed by atoms with E-state index in [1.54, 1.807) is 6.20 Å². The molecule has 0 radical (unpaired) electrons. The Morgan fingerprint density at radius 1 is 1.16 bits per heavy atom. The SMILES string of the molecule is CC(C)n1cnc2ccc(-c3ccnc(Cl)n3)cc21. The van der Waals surface area contributed by atoms with Gasteiger partial charge in [0, 0.05) is 17.8 Å². The number of nitrogens with zero attached hydrogens (tertiary/aromatic N) is 4. The predicted molar refractivity (Wildman–Crippen MR) is 76.2 cm³/mol. The Kier molecular flexibility index (Phi) is 2.95. The van der Waals surface area contributed by atoms with Gasteiger partial charge in [-0.25, -0.2) is 15.0 Å². The molecule has 0 spiro atoms. The molecule has 5 heteroatoms. The van der Waals surface area contributed by atoms with Crippen LogP contribution in [0, 0.1) is 0 Å². The van der Waals surface area contributed by atoms with E-state index in [2.05, 4.69) is 39.4 Å². The molecular formula is C14H13ClN4. The van der Waals surface area contributed by atoms with E-state index in [1.165, 1.54) is 0 Å². The van der Waals surface area contributed by atoms with E-state index in [0.29, 0.717) is 6.04 Å². The number of imidazole rings is 1. The van der Waals surface area contributed by atoms with E-state index in [4.69, 9.17) is 11.6 Å². The van der Waals surface area contributed by atoms with Crippen LogP contribution in [0.3, 0.4) is 0 Å². The van der Waals surface area contributed by atoms with Crippen molar-refractivity contribution < 1.29 is 0 Å². The molecule has 4 nitrogen and oxygen atoms in total. The third kappa shape index (κ3) is 2.19. The average molecular weight is 273 g/mol. The summed E-state index contributed by atoms with van der Waals surface area (Å²) in [6, 6.07) is 8.30. The minimum absolute atomic E-state index is 0.259. The summed E-state index contributed by atoms with van der Waals surface area (Å²) in [4.78, 5) is 12.5. The minimum Gasteiger partial charge on any atom is -0.328 e. The van der Waals surface area contributed by atoms with E-state index in [0.717, 1.165) is 22.3 Å². The van der Waals surface area contributed by atoms with Crippen molar-refractivity contribution in [2.24, 2.45) is 0 Å². The molecule has 0 atom stereocenters. The fourth-order valence-electron chi connectivity index (χ4n) is 2.09. The van der Waals surface area contributed by atoms with Crippen molar-refractivity contribution in [3.8, 4) is 11.3 Å². The highest BCUT2D eigenvalue weighted by atomic mass is 35.5. The Labute approximate surface area is 116 Å². The number of hydrogen-bond acceptors (Lipinski definition) is 3. The summed E-state index contributed by atoms with van der Waals surface area (Å²) in [5.41, 5.74) is 3.91. The zero-order valence-electron chi connectivity index (χ0n) is 10.7. The van der Waals surface area contributed by atoms with Gasteiger partial charge in [-0.1, -0.05) is 6.07 Å². The van der Waals surface area contributed by atoms with Gasteiger partial charge in [-0.05, 0) is 43.6 Å². The number of benzene rings is 1. The lowest BCUT2D eigenvalue weighted by atomic mass is 10.1. The van der Waals surface area contributed by atoms with Gasteiger partial charge in [-0.15, -0.1) is 0 Å². The van der Waals surface area contributed by atoms with E-state index < -0.39 is 0 Å². The largest absolute Gasteiger partial charge is 0.328 e. The predicted octanol–water partition coefficient (Wildman–Crippen LogP) is 3.73. The quantitative estimate of drug-likeness (QED) is 0.668. The van der Waals surface area contributed by atoms with Gasteiger partial charge in [-0.3, -0.25) is 0 Å². The lowest BCUT2D eigenvalue weighted by Gasteiger charge is -2.08. The van der Waals surface area contributed by atoms with E-state index in [1.807, 2.05) is 24.5 Å². The molecule has 1 aromatic carbocycles. The van der Waals surface area contributed by atoms with Gasteiger partial charge in [-0.2, -0.15) is 0 Å². The fraction of sp³-hybridized carbons (Fsp3) is 0.214. The van der Waals surface area contributed by atoms with Crippen LogP contribution < -0.4 is 0 Å². The average Bonchev–Trinajstić information content (AvgIpc) is 2.81. The van der Waals surface area contributed by atoms with Crippen LogP contribution in [-0.2, 0) is 0 Å². The van der Waals surface area contributed by atoms with Gasteiger partial charge in [0.1, 0.15) is 0 Å². The van der Waals surface area contributed by atoms with Crippen molar-refractivity contribution in [2.45, 2.75) is 19.9 Å². The third-order valence-corrected chi connectivity index (χ3v) is 3.24. The van der Waals surface area contributed by atoms with Crippen LogP contribution in [0.5, 0.6) is 0 Å². The molecular weight excluding hydrogens is 260 g/mol. The lowest BCUT2D eigenvalue weighted by Crippen LogP contribution is -1.98. The van der Waals surface area contributed by atoms with Crippen LogP contribution in [0.15, 0.2) is 36.8 Å². The molecule has 3 aromatic rings. The maximum Gasteiger partial charge on any atom is 0.222 e. The summed E-state index contributed by atoms with van der Waals surface area (Å²) in [5.74, 6) is 0. The number of aromatic nitrogens is 4. The molecule has 19 heavy (non-hydrogen) atoms. The number of fused-ring (bicyclic) bond motifs is 1. The number of rotatable bonds is 2. The highest BCUT2D eigenvalue weighted by molar-refractivity contribution is 6.28. The standard InChI is InChI=1S/C14H13ClN4/c1-9(2)19-8-17-12-4-3-10(7-13(12)19)11-5-6-16-14(15)18-11/h3-9H,1-2H3. The Balaban J connectivity index is 2.18. The summed E-state index contributed by atoms with van der Waals surface area (Å²) in [6.07, 6.45) is 3.53.